The number of hydrogen-bond donors (Lipinski definition) is 1. The van der Waals surface area contributed by atoms with Crippen LogP contribution in [0.3, 0.4) is 0 Å². The van der Waals surface area contributed by atoms with Crippen LogP contribution in [0.15, 0.2) is 36.2 Å². The normalized spacial score (nSPS) is 13.4. The van der Waals surface area contributed by atoms with Crippen molar-refractivity contribution in [2.24, 2.45) is 0 Å². The third kappa shape index (κ3) is 2.95. The van der Waals surface area contributed by atoms with Crippen molar-refractivity contribution in [3.63, 3.8) is 0 Å². The summed E-state index contributed by atoms with van der Waals surface area (Å²) >= 11 is 5.80. The lowest BCUT2D eigenvalue weighted by Crippen LogP contribution is -2.31. The minimum absolute atomic E-state index is 0.0770. The van der Waals surface area contributed by atoms with Gasteiger partial charge in [0.05, 0.1) is 10.4 Å². The summed E-state index contributed by atoms with van der Waals surface area (Å²) < 4.78 is 13.2. The Morgan fingerprint density at radius 3 is 2.90 bits per heavy atom. The minimum Gasteiger partial charge on any atom is -0.340 e. The number of anilines is 2. The van der Waals surface area contributed by atoms with E-state index in [4.69, 9.17) is 11.6 Å². The maximum Gasteiger partial charge on any atom is 0.141 e. The van der Waals surface area contributed by atoms with Crippen LogP contribution in [-0.2, 0) is 0 Å². The highest BCUT2D eigenvalue weighted by atomic mass is 35.5. The average molecular weight is 302 g/mol. The van der Waals surface area contributed by atoms with Crippen molar-refractivity contribution < 1.29 is 4.39 Å². The van der Waals surface area contributed by atoms with Crippen LogP contribution in [0.1, 0.15) is 13.3 Å². The van der Waals surface area contributed by atoms with Gasteiger partial charge in [0.15, 0.2) is 0 Å². The summed E-state index contributed by atoms with van der Waals surface area (Å²) in [6.07, 6.45) is 8.45. The van der Waals surface area contributed by atoms with E-state index < -0.39 is 5.82 Å². The Morgan fingerprint density at radius 2 is 2.10 bits per heavy atom. The van der Waals surface area contributed by atoms with Gasteiger partial charge in [0.1, 0.15) is 18.0 Å². The van der Waals surface area contributed by atoms with Crippen LogP contribution in [-0.4, -0.2) is 9.97 Å². The van der Waals surface area contributed by atoms with Crippen molar-refractivity contribution in [1.29, 1.82) is 0 Å². The number of nitrogens with one attached hydrogen (secondary N) is 1. The predicted molar refractivity (Wildman–Crippen MR) is 83.3 cm³/mol. The van der Waals surface area contributed by atoms with E-state index in [1.807, 2.05) is 12.2 Å². The summed E-state index contributed by atoms with van der Waals surface area (Å²) in [5.74, 6) is 0.241. The van der Waals surface area contributed by atoms with E-state index in [-0.39, 0.29) is 5.02 Å². The number of nitrogens with zero attached hydrogens (tertiary/aromatic N) is 2. The molecule has 0 atom stereocenters. The fourth-order valence-electron chi connectivity index (χ4n) is 2.11. The Labute approximate surface area is 126 Å². The van der Waals surface area contributed by atoms with E-state index in [1.165, 1.54) is 24.0 Å². The van der Waals surface area contributed by atoms with Gasteiger partial charge in [-0.2, -0.15) is 0 Å². The van der Waals surface area contributed by atoms with Gasteiger partial charge in [-0.15, -0.1) is 0 Å². The molecule has 5 heteroatoms. The van der Waals surface area contributed by atoms with E-state index in [0.29, 0.717) is 11.5 Å². The van der Waals surface area contributed by atoms with Gasteiger partial charge < -0.3 is 5.32 Å². The van der Waals surface area contributed by atoms with Crippen LogP contribution in [0.4, 0.5) is 15.9 Å². The molecule has 1 aromatic carbocycles. The molecule has 0 radical (unpaired) electrons. The summed E-state index contributed by atoms with van der Waals surface area (Å²) in [7, 11) is 0. The second-order valence-electron chi connectivity index (χ2n) is 4.86. The zero-order valence-corrected chi connectivity index (χ0v) is 12.2. The third-order valence-corrected chi connectivity index (χ3v) is 3.54. The molecule has 0 saturated carbocycles. The molecule has 1 N–H and O–H groups in total. The monoisotopic (exact) mass is 301 g/mol. The quantitative estimate of drug-likeness (QED) is 0.927. The van der Waals surface area contributed by atoms with Gasteiger partial charge in [0.2, 0.25) is 0 Å². The largest absolute Gasteiger partial charge is 0.340 e. The molecule has 1 heterocycles. The maximum absolute atomic E-state index is 13.2. The smallest absolute Gasteiger partial charge is 0.141 e. The molecule has 2 aromatic rings. The number of halogens is 2. The molecule has 0 unspecified atom stereocenters. The molecule has 3 rings (SSSR count). The van der Waals surface area contributed by atoms with Crippen LogP contribution >= 0.6 is 11.6 Å². The molecule has 0 bridgehead atoms. The van der Waals surface area contributed by atoms with Crippen LogP contribution in [0.25, 0.3) is 12.2 Å². The van der Waals surface area contributed by atoms with Crippen LogP contribution < -0.4 is 15.9 Å². The number of allylic oxidation sites excluding steroid dienone is 2. The molecular weight excluding hydrogens is 289 g/mol. The second-order valence-corrected chi connectivity index (χ2v) is 5.27. The Morgan fingerprint density at radius 1 is 1.24 bits per heavy atom. The SMILES string of the molecule is CC1=CC=c2ncnc(Nc3ccc(F)c(Cl)c3)c2=CC1. The van der Waals surface area contributed by atoms with Gasteiger partial charge in [-0.05, 0) is 37.6 Å². The zero-order valence-electron chi connectivity index (χ0n) is 11.4. The summed E-state index contributed by atoms with van der Waals surface area (Å²) in [5.41, 5.74) is 1.94. The number of hydrogen-bond acceptors (Lipinski definition) is 3. The Hall–Kier alpha value is -2.20. The first-order chi connectivity index (χ1) is 10.1. The lowest BCUT2D eigenvalue weighted by molar-refractivity contribution is 0.628. The zero-order chi connectivity index (χ0) is 14.8. The van der Waals surface area contributed by atoms with Crippen molar-refractivity contribution in [1.82, 2.24) is 9.97 Å². The van der Waals surface area contributed by atoms with E-state index in [9.17, 15) is 4.39 Å². The van der Waals surface area contributed by atoms with Crippen LogP contribution in [0, 0.1) is 5.82 Å². The summed E-state index contributed by atoms with van der Waals surface area (Å²) in [4.78, 5) is 8.55. The van der Waals surface area contributed by atoms with Gasteiger partial charge in [-0.3, -0.25) is 0 Å². The number of aromatic nitrogens is 2. The Balaban J connectivity index is 2.04. The molecule has 0 aliphatic heterocycles. The molecule has 21 heavy (non-hydrogen) atoms. The predicted octanol–water partition coefficient (Wildman–Crippen LogP) is 2.92. The lowest BCUT2D eigenvalue weighted by Gasteiger charge is -2.07. The maximum atomic E-state index is 13.2. The summed E-state index contributed by atoms with van der Waals surface area (Å²) in [6.45, 7) is 2.07. The topological polar surface area (TPSA) is 37.8 Å². The molecule has 0 amide bonds. The highest BCUT2D eigenvalue weighted by Crippen LogP contribution is 2.20. The first-order valence-electron chi connectivity index (χ1n) is 6.54. The van der Waals surface area contributed by atoms with Crippen molar-refractivity contribution >= 4 is 35.3 Å². The summed E-state index contributed by atoms with van der Waals surface area (Å²) in [6, 6.07) is 4.49. The first-order valence-corrected chi connectivity index (χ1v) is 6.92. The Kier molecular flexibility index (Phi) is 3.71. The molecule has 0 saturated heterocycles. The second kappa shape index (κ2) is 5.66. The van der Waals surface area contributed by atoms with Gasteiger partial charge in [0.25, 0.3) is 0 Å². The number of fused-ring (bicyclic) bond motifs is 1. The van der Waals surface area contributed by atoms with Crippen LogP contribution in [0.2, 0.25) is 5.02 Å². The molecule has 1 aliphatic carbocycles. The van der Waals surface area contributed by atoms with Crippen molar-refractivity contribution in [2.45, 2.75) is 13.3 Å². The lowest BCUT2D eigenvalue weighted by atomic mass is 10.2. The minimum atomic E-state index is -0.441. The Bertz CT molecular complexity index is 843. The third-order valence-electron chi connectivity index (χ3n) is 3.25. The highest BCUT2D eigenvalue weighted by molar-refractivity contribution is 6.31. The molecule has 0 spiro atoms. The molecule has 106 valence electrons. The number of benzene rings is 1. The van der Waals surface area contributed by atoms with Gasteiger partial charge in [-0.25, -0.2) is 14.4 Å². The number of rotatable bonds is 2. The van der Waals surface area contributed by atoms with Crippen molar-refractivity contribution in [3.05, 3.63) is 57.6 Å². The van der Waals surface area contributed by atoms with E-state index in [1.54, 1.807) is 6.07 Å². The summed E-state index contributed by atoms with van der Waals surface area (Å²) in [5, 5.41) is 5.04. The fraction of sp³-hybridized carbons (Fsp3) is 0.125. The van der Waals surface area contributed by atoms with E-state index >= 15 is 0 Å². The van der Waals surface area contributed by atoms with E-state index in [2.05, 4.69) is 28.3 Å². The molecule has 1 aromatic heterocycles. The molecule has 1 aliphatic rings. The van der Waals surface area contributed by atoms with E-state index in [0.717, 1.165) is 17.0 Å². The van der Waals surface area contributed by atoms with Crippen molar-refractivity contribution in [3.8, 4) is 0 Å². The van der Waals surface area contributed by atoms with Gasteiger partial charge >= 0.3 is 0 Å². The molecular formula is C16H13ClFN3. The standard InChI is InChI=1S/C16H13ClFN3/c1-10-2-5-12-15(7-3-10)19-9-20-16(12)21-11-4-6-14(18)13(17)8-11/h3-9H,2H2,1H3,(H,19,20,21). The first kappa shape index (κ1) is 13.8. The van der Waals surface area contributed by atoms with Gasteiger partial charge in [0, 0.05) is 10.9 Å². The average Bonchev–Trinajstić information content (AvgIpc) is 2.66. The van der Waals surface area contributed by atoms with Crippen LogP contribution in [0.5, 0.6) is 0 Å². The molecule has 3 nitrogen and oxygen atoms in total. The fourth-order valence-corrected chi connectivity index (χ4v) is 2.29. The molecule has 0 fully saturated rings. The van der Waals surface area contributed by atoms with Crippen molar-refractivity contribution in [2.75, 3.05) is 5.32 Å². The van der Waals surface area contributed by atoms with Gasteiger partial charge in [-0.1, -0.05) is 29.3 Å². The highest BCUT2D eigenvalue weighted by Gasteiger charge is 2.05.